The molecule has 1 saturated heterocycles. The molecule has 6 heteroatoms. The zero-order valence-corrected chi connectivity index (χ0v) is 13.1. The Morgan fingerprint density at radius 2 is 2.43 bits per heavy atom. The monoisotopic (exact) mass is 312 g/mol. The largest absolute Gasteiger partial charge is 0.465 e. The number of hydrogen-bond donors (Lipinski definition) is 2. The van der Waals surface area contributed by atoms with E-state index in [0.29, 0.717) is 16.6 Å². The Morgan fingerprint density at radius 1 is 1.62 bits per heavy atom. The van der Waals surface area contributed by atoms with E-state index in [0.717, 1.165) is 31.9 Å². The van der Waals surface area contributed by atoms with Crippen LogP contribution in [-0.4, -0.2) is 44.9 Å². The van der Waals surface area contributed by atoms with Crippen LogP contribution in [0.15, 0.2) is 18.2 Å². The third-order valence-electron chi connectivity index (χ3n) is 3.42. The van der Waals surface area contributed by atoms with Crippen LogP contribution in [0, 0.1) is 0 Å². The molecule has 2 unspecified atom stereocenters. The van der Waals surface area contributed by atoms with Gasteiger partial charge in [0, 0.05) is 24.3 Å². The second kappa shape index (κ2) is 7.64. The van der Waals surface area contributed by atoms with Crippen LogP contribution in [0.5, 0.6) is 0 Å². The fourth-order valence-electron chi connectivity index (χ4n) is 2.42. The van der Waals surface area contributed by atoms with E-state index >= 15 is 0 Å². The molecule has 1 fully saturated rings. The average molecular weight is 313 g/mol. The molecule has 0 radical (unpaired) electrons. The van der Waals surface area contributed by atoms with Gasteiger partial charge in [-0.1, -0.05) is 11.6 Å². The molecule has 1 aliphatic heterocycles. The van der Waals surface area contributed by atoms with Crippen molar-refractivity contribution in [1.29, 1.82) is 0 Å². The second-order valence-corrected chi connectivity index (χ2v) is 5.60. The smallest absolute Gasteiger partial charge is 0.339 e. The van der Waals surface area contributed by atoms with Gasteiger partial charge in [-0.15, -0.1) is 0 Å². The van der Waals surface area contributed by atoms with E-state index in [1.807, 2.05) is 6.07 Å². The number of anilines is 1. The van der Waals surface area contributed by atoms with Crippen molar-refractivity contribution < 1.29 is 14.3 Å². The van der Waals surface area contributed by atoms with Gasteiger partial charge in [0.2, 0.25) is 0 Å². The van der Waals surface area contributed by atoms with Crippen molar-refractivity contribution >= 4 is 23.3 Å². The van der Waals surface area contributed by atoms with Crippen LogP contribution in [0.4, 0.5) is 5.69 Å². The molecule has 2 N–H and O–H groups in total. The van der Waals surface area contributed by atoms with Gasteiger partial charge in [0.25, 0.3) is 0 Å². The van der Waals surface area contributed by atoms with E-state index < -0.39 is 5.97 Å². The molecule has 116 valence electrons. The summed E-state index contributed by atoms with van der Waals surface area (Å²) >= 11 is 6.01. The van der Waals surface area contributed by atoms with Gasteiger partial charge in [0.15, 0.2) is 0 Å². The summed E-state index contributed by atoms with van der Waals surface area (Å²) in [6, 6.07) is 5.88. The predicted octanol–water partition coefficient (Wildman–Crippen LogP) is 2.31. The zero-order chi connectivity index (χ0) is 15.2. The number of halogens is 1. The van der Waals surface area contributed by atoms with Gasteiger partial charge in [0.1, 0.15) is 0 Å². The Kier molecular flexibility index (Phi) is 5.85. The zero-order valence-electron chi connectivity index (χ0n) is 12.3. The molecule has 1 aliphatic rings. The van der Waals surface area contributed by atoms with Gasteiger partial charge in [0.05, 0.1) is 30.9 Å². The number of hydrogen-bond acceptors (Lipinski definition) is 5. The number of morpholine rings is 1. The lowest BCUT2D eigenvalue weighted by Crippen LogP contribution is -2.43. The minimum Gasteiger partial charge on any atom is -0.465 e. The van der Waals surface area contributed by atoms with Gasteiger partial charge in [-0.3, -0.25) is 0 Å². The van der Waals surface area contributed by atoms with Gasteiger partial charge >= 0.3 is 5.97 Å². The molecule has 1 heterocycles. The molecule has 0 spiro atoms. The van der Waals surface area contributed by atoms with Crippen LogP contribution in [0.1, 0.15) is 23.7 Å². The van der Waals surface area contributed by atoms with Gasteiger partial charge < -0.3 is 20.1 Å². The minimum absolute atomic E-state index is 0.246. The maximum Gasteiger partial charge on any atom is 0.339 e. The minimum atomic E-state index is -0.432. The van der Waals surface area contributed by atoms with Crippen molar-refractivity contribution in [2.75, 3.05) is 32.2 Å². The van der Waals surface area contributed by atoms with Crippen molar-refractivity contribution in [3.8, 4) is 0 Å². The fraction of sp³-hybridized carbons (Fsp3) is 0.533. The van der Waals surface area contributed by atoms with Crippen LogP contribution in [0.2, 0.25) is 5.02 Å². The first kappa shape index (κ1) is 16.1. The average Bonchev–Trinajstić information content (AvgIpc) is 2.49. The molecular weight excluding hydrogens is 292 g/mol. The van der Waals surface area contributed by atoms with E-state index in [1.165, 1.54) is 7.11 Å². The summed E-state index contributed by atoms with van der Waals surface area (Å²) in [5.74, 6) is -0.432. The highest BCUT2D eigenvalue weighted by Gasteiger charge is 2.17. The molecule has 1 aromatic rings. The Bertz CT molecular complexity index is 490. The fourth-order valence-corrected chi connectivity index (χ4v) is 2.62. The number of rotatable bonds is 5. The Morgan fingerprint density at radius 3 is 3.10 bits per heavy atom. The molecule has 2 atom stereocenters. The number of benzene rings is 1. The molecule has 0 saturated carbocycles. The molecular formula is C15H21ClN2O3. The number of carbonyl (C=O) groups is 1. The molecule has 2 rings (SSSR count). The maximum absolute atomic E-state index is 11.6. The summed E-state index contributed by atoms with van der Waals surface area (Å²) in [5.41, 5.74) is 1.22. The van der Waals surface area contributed by atoms with E-state index in [1.54, 1.807) is 12.1 Å². The van der Waals surface area contributed by atoms with Crippen LogP contribution < -0.4 is 10.6 Å². The normalized spacial score (nSPS) is 19.9. The highest BCUT2D eigenvalue weighted by Crippen LogP contribution is 2.22. The topological polar surface area (TPSA) is 59.6 Å². The van der Waals surface area contributed by atoms with Crippen LogP contribution >= 0.6 is 11.6 Å². The summed E-state index contributed by atoms with van der Waals surface area (Å²) in [5, 5.41) is 7.19. The van der Waals surface area contributed by atoms with Crippen molar-refractivity contribution in [1.82, 2.24) is 5.32 Å². The third kappa shape index (κ3) is 4.59. The molecule has 5 nitrogen and oxygen atoms in total. The summed E-state index contributed by atoms with van der Waals surface area (Å²) in [6.07, 6.45) is 0.941. The van der Waals surface area contributed by atoms with Crippen molar-refractivity contribution in [3.05, 3.63) is 28.8 Å². The second-order valence-electron chi connectivity index (χ2n) is 5.19. The van der Waals surface area contributed by atoms with E-state index in [-0.39, 0.29) is 6.04 Å². The van der Waals surface area contributed by atoms with Crippen molar-refractivity contribution in [2.24, 2.45) is 0 Å². The molecule has 0 bridgehead atoms. The van der Waals surface area contributed by atoms with Gasteiger partial charge in [-0.05, 0) is 31.5 Å². The standard InChI is InChI=1S/C15H21ClN2O3/c1-10(7-12-9-21-6-5-17-12)18-11-3-4-14(16)13(8-11)15(19)20-2/h3-4,8,10,12,17-18H,5-7,9H2,1-2H3. The third-order valence-corrected chi connectivity index (χ3v) is 3.75. The van der Waals surface area contributed by atoms with Crippen molar-refractivity contribution in [2.45, 2.75) is 25.4 Å². The summed E-state index contributed by atoms with van der Waals surface area (Å²) in [6.45, 7) is 4.51. The summed E-state index contributed by atoms with van der Waals surface area (Å²) in [4.78, 5) is 11.6. The van der Waals surface area contributed by atoms with E-state index in [2.05, 4.69) is 17.6 Å². The molecule has 0 amide bonds. The molecule has 0 aromatic heterocycles. The number of ether oxygens (including phenoxy) is 2. The lowest BCUT2D eigenvalue weighted by atomic mass is 10.1. The van der Waals surface area contributed by atoms with Crippen LogP contribution in [0.25, 0.3) is 0 Å². The quantitative estimate of drug-likeness (QED) is 0.817. The first-order valence-electron chi connectivity index (χ1n) is 7.05. The number of nitrogens with one attached hydrogen (secondary N) is 2. The van der Waals surface area contributed by atoms with Gasteiger partial charge in [-0.25, -0.2) is 4.79 Å². The lowest BCUT2D eigenvalue weighted by molar-refractivity contribution is 0.0601. The highest BCUT2D eigenvalue weighted by molar-refractivity contribution is 6.33. The SMILES string of the molecule is COC(=O)c1cc(NC(C)CC2COCCN2)ccc1Cl. The maximum atomic E-state index is 11.6. The van der Waals surface area contributed by atoms with Crippen LogP contribution in [0.3, 0.4) is 0 Å². The predicted molar refractivity (Wildman–Crippen MR) is 83.1 cm³/mol. The highest BCUT2D eigenvalue weighted by atomic mass is 35.5. The van der Waals surface area contributed by atoms with E-state index in [4.69, 9.17) is 21.1 Å². The number of methoxy groups -OCH3 is 1. The molecule has 0 aliphatic carbocycles. The van der Waals surface area contributed by atoms with E-state index in [9.17, 15) is 4.79 Å². The number of esters is 1. The summed E-state index contributed by atoms with van der Waals surface area (Å²) < 4.78 is 10.2. The molecule has 1 aromatic carbocycles. The van der Waals surface area contributed by atoms with Crippen LogP contribution in [-0.2, 0) is 9.47 Å². The van der Waals surface area contributed by atoms with Gasteiger partial charge in [-0.2, -0.15) is 0 Å². The Labute approximate surface area is 130 Å². The first-order valence-corrected chi connectivity index (χ1v) is 7.43. The Balaban J connectivity index is 1.96. The number of carbonyl (C=O) groups excluding carboxylic acids is 1. The summed E-state index contributed by atoms with van der Waals surface area (Å²) in [7, 11) is 1.34. The van der Waals surface area contributed by atoms with Crippen molar-refractivity contribution in [3.63, 3.8) is 0 Å². The molecule has 21 heavy (non-hydrogen) atoms. The lowest BCUT2D eigenvalue weighted by Gasteiger charge is -2.27. The first-order chi connectivity index (χ1) is 10.1. The Hall–Kier alpha value is -1.30.